The Labute approximate surface area is 130 Å². The summed E-state index contributed by atoms with van der Waals surface area (Å²) in [5, 5.41) is 0. The van der Waals surface area contributed by atoms with Crippen molar-refractivity contribution >= 4 is 5.97 Å². The van der Waals surface area contributed by atoms with Gasteiger partial charge in [-0.05, 0) is 55.0 Å². The zero-order chi connectivity index (χ0) is 15.8. The van der Waals surface area contributed by atoms with Gasteiger partial charge in [0, 0.05) is 0 Å². The van der Waals surface area contributed by atoms with Crippen molar-refractivity contribution in [1.82, 2.24) is 0 Å². The third kappa shape index (κ3) is 4.52. The fourth-order valence-corrected chi connectivity index (χ4v) is 1.83. The van der Waals surface area contributed by atoms with Crippen LogP contribution in [0.25, 0.3) is 0 Å². The van der Waals surface area contributed by atoms with Crippen LogP contribution in [0.2, 0.25) is 0 Å². The van der Waals surface area contributed by atoms with E-state index in [0.717, 1.165) is 18.6 Å². The zero-order valence-corrected chi connectivity index (χ0v) is 12.9. The third-order valence-corrected chi connectivity index (χ3v) is 3.13. The van der Waals surface area contributed by atoms with Gasteiger partial charge in [0.25, 0.3) is 0 Å². The minimum Gasteiger partial charge on any atom is -0.497 e. The van der Waals surface area contributed by atoms with E-state index in [1.807, 2.05) is 0 Å². The second kappa shape index (κ2) is 8.08. The number of esters is 1. The van der Waals surface area contributed by atoms with Gasteiger partial charge in [0.2, 0.25) is 0 Å². The Balaban J connectivity index is 1.93. The quantitative estimate of drug-likeness (QED) is 0.439. The van der Waals surface area contributed by atoms with Gasteiger partial charge < -0.3 is 14.2 Å². The first-order valence-electron chi connectivity index (χ1n) is 7.32. The van der Waals surface area contributed by atoms with Crippen LogP contribution >= 0.6 is 0 Å². The predicted molar refractivity (Wildman–Crippen MR) is 84.8 cm³/mol. The Kier molecular flexibility index (Phi) is 5.83. The standard InChI is InChI=1S/C18H20O4/c1-3-4-13-21-16-9-11-17(12-10-16)22-18(19)14-5-7-15(20-2)8-6-14/h5-12H,3-4,13H2,1-2H3. The first kappa shape index (κ1) is 15.9. The fraction of sp³-hybridized carbons (Fsp3) is 0.278. The summed E-state index contributed by atoms with van der Waals surface area (Å²) in [5.74, 6) is 1.56. The van der Waals surface area contributed by atoms with E-state index in [2.05, 4.69) is 6.92 Å². The Morgan fingerprint density at radius 1 is 0.909 bits per heavy atom. The maximum absolute atomic E-state index is 12.0. The molecule has 116 valence electrons. The lowest BCUT2D eigenvalue weighted by Crippen LogP contribution is -2.08. The van der Waals surface area contributed by atoms with Gasteiger partial charge in [0.05, 0.1) is 19.3 Å². The van der Waals surface area contributed by atoms with Crippen molar-refractivity contribution in [3.8, 4) is 17.2 Å². The average Bonchev–Trinajstić information content (AvgIpc) is 2.57. The van der Waals surface area contributed by atoms with Crippen LogP contribution in [0.1, 0.15) is 30.1 Å². The Bertz CT molecular complexity index is 587. The van der Waals surface area contributed by atoms with Crippen LogP contribution in [-0.4, -0.2) is 19.7 Å². The second-order valence-electron chi connectivity index (χ2n) is 4.79. The zero-order valence-electron chi connectivity index (χ0n) is 12.9. The van der Waals surface area contributed by atoms with E-state index in [4.69, 9.17) is 14.2 Å². The van der Waals surface area contributed by atoms with Gasteiger partial charge in [0.1, 0.15) is 17.2 Å². The minimum atomic E-state index is -0.401. The molecule has 0 aliphatic carbocycles. The molecule has 0 amide bonds. The summed E-state index contributed by atoms with van der Waals surface area (Å²) >= 11 is 0. The number of carbonyl (C=O) groups excluding carboxylic acids is 1. The van der Waals surface area contributed by atoms with Gasteiger partial charge >= 0.3 is 5.97 Å². The Morgan fingerprint density at radius 3 is 2.09 bits per heavy atom. The molecule has 0 atom stereocenters. The van der Waals surface area contributed by atoms with Crippen molar-refractivity contribution in [1.29, 1.82) is 0 Å². The van der Waals surface area contributed by atoms with Crippen molar-refractivity contribution in [3.63, 3.8) is 0 Å². The molecule has 0 fully saturated rings. The predicted octanol–water partition coefficient (Wildman–Crippen LogP) is 4.09. The van der Waals surface area contributed by atoms with Crippen LogP contribution in [0.4, 0.5) is 0 Å². The molecule has 22 heavy (non-hydrogen) atoms. The lowest BCUT2D eigenvalue weighted by atomic mass is 10.2. The summed E-state index contributed by atoms with van der Waals surface area (Å²) in [7, 11) is 1.58. The number of rotatable bonds is 7. The molecule has 0 radical (unpaired) electrons. The molecule has 0 heterocycles. The van der Waals surface area contributed by atoms with Gasteiger partial charge in [-0.2, -0.15) is 0 Å². The molecule has 0 spiro atoms. The number of unbranched alkanes of at least 4 members (excludes halogenated alkanes) is 1. The molecular weight excluding hydrogens is 280 g/mol. The van der Waals surface area contributed by atoms with Crippen LogP contribution in [0.15, 0.2) is 48.5 Å². The molecule has 0 aliphatic rings. The maximum atomic E-state index is 12.0. The van der Waals surface area contributed by atoms with Crippen molar-refractivity contribution in [2.24, 2.45) is 0 Å². The van der Waals surface area contributed by atoms with Gasteiger partial charge in [-0.3, -0.25) is 0 Å². The molecule has 0 aliphatic heterocycles. The Morgan fingerprint density at radius 2 is 1.50 bits per heavy atom. The summed E-state index contributed by atoms with van der Waals surface area (Å²) in [6, 6.07) is 13.8. The minimum absolute atomic E-state index is 0.401. The molecule has 0 unspecified atom stereocenters. The highest BCUT2D eigenvalue weighted by Gasteiger charge is 2.08. The summed E-state index contributed by atoms with van der Waals surface area (Å²) in [6.07, 6.45) is 2.12. The monoisotopic (exact) mass is 300 g/mol. The first-order valence-corrected chi connectivity index (χ1v) is 7.32. The molecular formula is C18H20O4. The van der Waals surface area contributed by atoms with Gasteiger partial charge in [-0.15, -0.1) is 0 Å². The maximum Gasteiger partial charge on any atom is 0.343 e. The van der Waals surface area contributed by atoms with E-state index < -0.39 is 5.97 Å². The molecule has 0 N–H and O–H groups in total. The summed E-state index contributed by atoms with van der Waals surface area (Å²) in [6.45, 7) is 2.81. The molecule has 0 saturated heterocycles. The smallest absolute Gasteiger partial charge is 0.343 e. The number of hydrogen-bond donors (Lipinski definition) is 0. The highest BCUT2D eigenvalue weighted by molar-refractivity contribution is 5.91. The Hall–Kier alpha value is -2.49. The molecule has 4 heteroatoms. The lowest BCUT2D eigenvalue weighted by molar-refractivity contribution is 0.0734. The van der Waals surface area contributed by atoms with Crippen LogP contribution < -0.4 is 14.2 Å². The van der Waals surface area contributed by atoms with Crippen LogP contribution in [-0.2, 0) is 0 Å². The van der Waals surface area contributed by atoms with E-state index in [0.29, 0.717) is 23.7 Å². The van der Waals surface area contributed by atoms with Crippen LogP contribution in [0.5, 0.6) is 17.2 Å². The highest BCUT2D eigenvalue weighted by Crippen LogP contribution is 2.19. The first-order chi connectivity index (χ1) is 10.7. The molecule has 2 aromatic carbocycles. The topological polar surface area (TPSA) is 44.8 Å². The summed E-state index contributed by atoms with van der Waals surface area (Å²) in [4.78, 5) is 12.0. The lowest BCUT2D eigenvalue weighted by Gasteiger charge is -2.07. The molecule has 2 rings (SSSR count). The van der Waals surface area contributed by atoms with Gasteiger partial charge in [-0.1, -0.05) is 13.3 Å². The third-order valence-electron chi connectivity index (χ3n) is 3.13. The fourth-order valence-electron chi connectivity index (χ4n) is 1.83. The van der Waals surface area contributed by atoms with Gasteiger partial charge in [-0.25, -0.2) is 4.79 Å². The van der Waals surface area contributed by atoms with Crippen molar-refractivity contribution in [3.05, 3.63) is 54.1 Å². The number of methoxy groups -OCH3 is 1. The summed E-state index contributed by atoms with van der Waals surface area (Å²) in [5.41, 5.74) is 0.476. The van der Waals surface area contributed by atoms with Crippen molar-refractivity contribution in [2.75, 3.05) is 13.7 Å². The SMILES string of the molecule is CCCCOc1ccc(OC(=O)c2ccc(OC)cc2)cc1. The van der Waals surface area contributed by atoms with E-state index in [1.54, 1.807) is 55.6 Å². The molecule has 2 aromatic rings. The van der Waals surface area contributed by atoms with Crippen LogP contribution in [0, 0.1) is 0 Å². The van der Waals surface area contributed by atoms with E-state index in [9.17, 15) is 4.79 Å². The molecule has 0 saturated carbocycles. The second-order valence-corrected chi connectivity index (χ2v) is 4.79. The van der Waals surface area contributed by atoms with E-state index in [-0.39, 0.29) is 0 Å². The average molecular weight is 300 g/mol. The number of carbonyl (C=O) groups is 1. The molecule has 0 bridgehead atoms. The normalized spacial score (nSPS) is 10.1. The molecule has 0 aromatic heterocycles. The molecule has 4 nitrogen and oxygen atoms in total. The van der Waals surface area contributed by atoms with Crippen molar-refractivity contribution in [2.45, 2.75) is 19.8 Å². The van der Waals surface area contributed by atoms with Crippen LogP contribution in [0.3, 0.4) is 0 Å². The highest BCUT2D eigenvalue weighted by atomic mass is 16.5. The van der Waals surface area contributed by atoms with Gasteiger partial charge in [0.15, 0.2) is 0 Å². The number of ether oxygens (including phenoxy) is 3. The largest absolute Gasteiger partial charge is 0.497 e. The number of hydrogen-bond acceptors (Lipinski definition) is 4. The number of benzene rings is 2. The van der Waals surface area contributed by atoms with E-state index in [1.165, 1.54) is 0 Å². The van der Waals surface area contributed by atoms with E-state index >= 15 is 0 Å². The summed E-state index contributed by atoms with van der Waals surface area (Å²) < 4.78 is 15.9. The van der Waals surface area contributed by atoms with Crippen molar-refractivity contribution < 1.29 is 19.0 Å².